The van der Waals surface area contributed by atoms with Crippen LogP contribution in [0.4, 0.5) is 0 Å². The van der Waals surface area contributed by atoms with E-state index in [-0.39, 0.29) is 5.91 Å². The van der Waals surface area contributed by atoms with Gasteiger partial charge < -0.3 is 9.64 Å². The fourth-order valence-electron chi connectivity index (χ4n) is 1.65. The van der Waals surface area contributed by atoms with E-state index < -0.39 is 0 Å². The first-order chi connectivity index (χ1) is 7.72. The van der Waals surface area contributed by atoms with Gasteiger partial charge in [-0.2, -0.15) is 0 Å². The second kappa shape index (κ2) is 6.28. The first kappa shape index (κ1) is 12.7. The largest absolute Gasteiger partial charge is 0.380 e. The molecule has 0 aliphatic heterocycles. The van der Waals surface area contributed by atoms with Gasteiger partial charge in [-0.05, 0) is 31.5 Å². The van der Waals surface area contributed by atoms with Crippen LogP contribution in [-0.4, -0.2) is 31.0 Å². The summed E-state index contributed by atoms with van der Waals surface area (Å²) in [6, 6.07) is 7.59. The van der Waals surface area contributed by atoms with Gasteiger partial charge in [0.1, 0.15) is 0 Å². The number of carbonyl (C=O) groups excluding carboxylic acids is 1. The van der Waals surface area contributed by atoms with Gasteiger partial charge in [0.05, 0.1) is 6.61 Å². The summed E-state index contributed by atoms with van der Waals surface area (Å²) in [5, 5.41) is 0. The monoisotopic (exact) mass is 221 g/mol. The van der Waals surface area contributed by atoms with Gasteiger partial charge in [-0.3, -0.25) is 4.79 Å². The highest BCUT2D eigenvalue weighted by Gasteiger charge is 2.12. The first-order valence-corrected chi connectivity index (χ1v) is 5.60. The van der Waals surface area contributed by atoms with Crippen LogP contribution in [0.15, 0.2) is 24.3 Å². The summed E-state index contributed by atoms with van der Waals surface area (Å²) in [7, 11) is 1.65. The van der Waals surface area contributed by atoms with Gasteiger partial charge in [-0.15, -0.1) is 0 Å². The lowest BCUT2D eigenvalue weighted by Gasteiger charge is -2.18. The number of methoxy groups -OCH3 is 1. The fourth-order valence-corrected chi connectivity index (χ4v) is 1.65. The molecule has 3 nitrogen and oxygen atoms in total. The number of hydrogen-bond acceptors (Lipinski definition) is 2. The van der Waals surface area contributed by atoms with Crippen molar-refractivity contribution in [2.75, 3.05) is 20.2 Å². The molecule has 0 bridgehead atoms. The average molecular weight is 221 g/mol. The number of rotatable bonds is 5. The molecule has 0 unspecified atom stereocenters. The SMILES string of the molecule is CCN(CC)C(=O)c1cccc(COC)c1. The third-order valence-corrected chi connectivity index (χ3v) is 2.54. The number of carbonyl (C=O) groups is 1. The predicted molar refractivity (Wildman–Crippen MR) is 64.4 cm³/mol. The van der Waals surface area contributed by atoms with Crippen LogP contribution in [0, 0.1) is 0 Å². The lowest BCUT2D eigenvalue weighted by Crippen LogP contribution is -2.30. The van der Waals surface area contributed by atoms with Crippen molar-refractivity contribution < 1.29 is 9.53 Å². The maximum atomic E-state index is 12.0. The zero-order valence-corrected chi connectivity index (χ0v) is 10.2. The molecule has 0 heterocycles. The second-order valence-corrected chi connectivity index (χ2v) is 3.61. The smallest absolute Gasteiger partial charge is 0.253 e. The van der Waals surface area contributed by atoms with E-state index in [1.165, 1.54) is 0 Å². The van der Waals surface area contributed by atoms with Crippen LogP contribution in [0.25, 0.3) is 0 Å². The number of amides is 1. The van der Waals surface area contributed by atoms with E-state index in [9.17, 15) is 4.79 Å². The summed E-state index contributed by atoms with van der Waals surface area (Å²) in [6.07, 6.45) is 0. The highest BCUT2D eigenvalue weighted by atomic mass is 16.5. The third-order valence-electron chi connectivity index (χ3n) is 2.54. The van der Waals surface area contributed by atoms with Crippen LogP contribution in [0.3, 0.4) is 0 Å². The molecule has 0 aliphatic rings. The molecule has 1 amide bonds. The quantitative estimate of drug-likeness (QED) is 0.763. The topological polar surface area (TPSA) is 29.5 Å². The molecule has 0 saturated carbocycles. The van der Waals surface area contributed by atoms with Gasteiger partial charge in [0, 0.05) is 25.8 Å². The van der Waals surface area contributed by atoms with Crippen molar-refractivity contribution in [2.45, 2.75) is 20.5 Å². The summed E-state index contributed by atoms with van der Waals surface area (Å²) < 4.78 is 5.05. The normalized spacial score (nSPS) is 10.2. The Bertz CT molecular complexity index is 346. The van der Waals surface area contributed by atoms with Crippen LogP contribution in [0.1, 0.15) is 29.8 Å². The summed E-state index contributed by atoms with van der Waals surface area (Å²) >= 11 is 0. The van der Waals surface area contributed by atoms with E-state index in [0.717, 1.165) is 24.2 Å². The van der Waals surface area contributed by atoms with Gasteiger partial charge >= 0.3 is 0 Å². The molecule has 0 radical (unpaired) electrons. The van der Waals surface area contributed by atoms with E-state index in [2.05, 4.69) is 0 Å². The van der Waals surface area contributed by atoms with Crippen molar-refractivity contribution in [3.8, 4) is 0 Å². The fraction of sp³-hybridized carbons (Fsp3) is 0.462. The van der Waals surface area contributed by atoms with E-state index in [1.807, 2.05) is 43.0 Å². The predicted octanol–water partition coefficient (Wildman–Crippen LogP) is 2.32. The molecule has 1 rings (SSSR count). The Balaban J connectivity index is 2.86. The summed E-state index contributed by atoms with van der Waals surface area (Å²) in [6.45, 7) is 5.99. The van der Waals surface area contributed by atoms with E-state index in [0.29, 0.717) is 6.61 Å². The maximum Gasteiger partial charge on any atom is 0.253 e. The van der Waals surface area contributed by atoms with Crippen LogP contribution in [0.2, 0.25) is 0 Å². The molecule has 0 aromatic heterocycles. The molecule has 0 fully saturated rings. The Labute approximate surface area is 97.0 Å². The lowest BCUT2D eigenvalue weighted by molar-refractivity contribution is 0.0772. The van der Waals surface area contributed by atoms with Gasteiger partial charge in [0.25, 0.3) is 5.91 Å². The van der Waals surface area contributed by atoms with Gasteiger partial charge in [-0.25, -0.2) is 0 Å². The molecule has 0 spiro atoms. The minimum Gasteiger partial charge on any atom is -0.380 e. The van der Waals surface area contributed by atoms with Gasteiger partial charge in [-0.1, -0.05) is 12.1 Å². The van der Waals surface area contributed by atoms with E-state index >= 15 is 0 Å². The Morgan fingerprint density at radius 2 is 2.00 bits per heavy atom. The number of hydrogen-bond donors (Lipinski definition) is 0. The van der Waals surface area contributed by atoms with E-state index in [1.54, 1.807) is 7.11 Å². The summed E-state index contributed by atoms with van der Waals surface area (Å²) in [4.78, 5) is 13.9. The lowest BCUT2D eigenvalue weighted by atomic mass is 10.1. The molecule has 1 aromatic rings. The van der Waals surface area contributed by atoms with Crippen molar-refractivity contribution in [2.24, 2.45) is 0 Å². The molecule has 1 aromatic carbocycles. The van der Waals surface area contributed by atoms with Crippen LogP contribution in [0.5, 0.6) is 0 Å². The van der Waals surface area contributed by atoms with Crippen molar-refractivity contribution >= 4 is 5.91 Å². The van der Waals surface area contributed by atoms with Gasteiger partial charge in [0.15, 0.2) is 0 Å². The number of nitrogens with zero attached hydrogens (tertiary/aromatic N) is 1. The third kappa shape index (κ3) is 3.07. The molecular weight excluding hydrogens is 202 g/mol. The van der Waals surface area contributed by atoms with Crippen LogP contribution >= 0.6 is 0 Å². The molecule has 88 valence electrons. The number of ether oxygens (including phenoxy) is 1. The Morgan fingerprint density at radius 1 is 1.31 bits per heavy atom. The molecule has 0 saturated heterocycles. The maximum absolute atomic E-state index is 12.0. The summed E-state index contributed by atoms with van der Waals surface area (Å²) in [5.41, 5.74) is 1.76. The molecule has 3 heteroatoms. The van der Waals surface area contributed by atoms with Crippen molar-refractivity contribution in [3.63, 3.8) is 0 Å². The highest BCUT2D eigenvalue weighted by molar-refractivity contribution is 5.94. The zero-order valence-electron chi connectivity index (χ0n) is 10.2. The minimum absolute atomic E-state index is 0.0861. The second-order valence-electron chi connectivity index (χ2n) is 3.61. The molecular formula is C13H19NO2. The van der Waals surface area contributed by atoms with Crippen LogP contribution < -0.4 is 0 Å². The molecule has 16 heavy (non-hydrogen) atoms. The Kier molecular flexibility index (Phi) is 4.99. The Hall–Kier alpha value is -1.35. The van der Waals surface area contributed by atoms with E-state index in [4.69, 9.17) is 4.74 Å². The van der Waals surface area contributed by atoms with Crippen molar-refractivity contribution in [1.82, 2.24) is 4.90 Å². The molecule has 0 atom stereocenters. The Morgan fingerprint density at radius 3 is 2.56 bits per heavy atom. The minimum atomic E-state index is 0.0861. The highest BCUT2D eigenvalue weighted by Crippen LogP contribution is 2.09. The van der Waals surface area contributed by atoms with Crippen molar-refractivity contribution in [3.05, 3.63) is 35.4 Å². The standard InChI is InChI=1S/C13H19NO2/c1-4-14(5-2)13(15)12-8-6-7-11(9-12)10-16-3/h6-9H,4-5,10H2,1-3H3. The molecule has 0 aliphatic carbocycles. The molecule has 0 N–H and O–H groups in total. The average Bonchev–Trinajstić information content (AvgIpc) is 2.31. The number of benzene rings is 1. The zero-order chi connectivity index (χ0) is 12.0. The van der Waals surface area contributed by atoms with Gasteiger partial charge in [0.2, 0.25) is 0 Å². The first-order valence-electron chi connectivity index (χ1n) is 5.60. The van der Waals surface area contributed by atoms with Crippen LogP contribution in [-0.2, 0) is 11.3 Å². The summed E-state index contributed by atoms with van der Waals surface area (Å²) in [5.74, 6) is 0.0861. The van der Waals surface area contributed by atoms with Crippen molar-refractivity contribution in [1.29, 1.82) is 0 Å².